The molecule has 0 spiro atoms. The minimum Gasteiger partial charge on any atom is -0.494 e. The number of nitrogens with one attached hydrogen (secondary N) is 1. The Bertz CT molecular complexity index is 1820. The van der Waals surface area contributed by atoms with E-state index in [0.717, 1.165) is 5.56 Å². The Labute approximate surface area is 247 Å². The van der Waals surface area contributed by atoms with Crippen LogP contribution < -0.4 is 34.4 Å². The first-order valence-electron chi connectivity index (χ1n) is 13.5. The van der Waals surface area contributed by atoms with Crippen LogP contribution in [0.4, 0.5) is 5.69 Å². The van der Waals surface area contributed by atoms with E-state index >= 15 is 0 Å². The van der Waals surface area contributed by atoms with Gasteiger partial charge in [0.05, 0.1) is 35.6 Å². The molecule has 8 nitrogen and oxygen atoms in total. The standard InChI is InChI=1S/C33H31N3O5S/c1-5-19-41-30-23(11-10-14-26(30)39-4)20-27-32(38)36-29(22-15-17-25(18-16-22)40-6-2)28(21(3)34-33(36)42-27)31(37)35-24-12-8-7-9-13-24/h5,7-18,20,29H,1,6,19H2,2-4H3,(H,35,37)/b27-20-/t29-/m1/s1. The van der Waals surface area contributed by atoms with E-state index in [-0.39, 0.29) is 18.1 Å². The van der Waals surface area contributed by atoms with Gasteiger partial charge in [-0.25, -0.2) is 4.99 Å². The second kappa shape index (κ2) is 12.7. The largest absolute Gasteiger partial charge is 0.494 e. The van der Waals surface area contributed by atoms with Crippen molar-refractivity contribution in [3.63, 3.8) is 0 Å². The zero-order chi connectivity index (χ0) is 29.6. The van der Waals surface area contributed by atoms with E-state index in [1.54, 1.807) is 36.8 Å². The molecule has 0 bridgehead atoms. The molecule has 4 aromatic rings. The molecule has 1 aliphatic rings. The zero-order valence-electron chi connectivity index (χ0n) is 23.6. The summed E-state index contributed by atoms with van der Waals surface area (Å²) in [5.74, 6) is 1.42. The molecule has 0 aliphatic carbocycles. The molecule has 0 radical (unpaired) electrons. The Morgan fingerprint density at radius 2 is 1.83 bits per heavy atom. The third-order valence-electron chi connectivity index (χ3n) is 6.67. The van der Waals surface area contributed by atoms with Crippen LogP contribution in [0.1, 0.15) is 31.0 Å². The van der Waals surface area contributed by atoms with Crippen molar-refractivity contribution in [2.24, 2.45) is 4.99 Å². The number of thiazole rings is 1. The van der Waals surface area contributed by atoms with E-state index in [1.807, 2.05) is 73.7 Å². The van der Waals surface area contributed by atoms with Crippen molar-refractivity contribution < 1.29 is 19.0 Å². The van der Waals surface area contributed by atoms with Crippen molar-refractivity contribution in [1.82, 2.24) is 4.57 Å². The molecule has 1 amide bonds. The predicted octanol–water partition coefficient (Wildman–Crippen LogP) is 4.85. The maximum atomic E-state index is 14.1. The summed E-state index contributed by atoms with van der Waals surface area (Å²) in [6.45, 7) is 8.24. The molecule has 3 aromatic carbocycles. The number of ether oxygens (including phenoxy) is 3. The van der Waals surface area contributed by atoms with Crippen molar-refractivity contribution in [2.45, 2.75) is 19.9 Å². The Balaban J connectivity index is 1.67. The number of hydrogen-bond donors (Lipinski definition) is 1. The van der Waals surface area contributed by atoms with Crippen molar-refractivity contribution >= 4 is 29.0 Å². The van der Waals surface area contributed by atoms with E-state index in [4.69, 9.17) is 19.2 Å². The number of amides is 1. The van der Waals surface area contributed by atoms with Crippen LogP contribution in [0.2, 0.25) is 0 Å². The molecule has 214 valence electrons. The first kappa shape index (κ1) is 28.6. The van der Waals surface area contributed by atoms with E-state index in [2.05, 4.69) is 11.9 Å². The summed E-state index contributed by atoms with van der Waals surface area (Å²) in [5, 5.41) is 2.97. The quantitative estimate of drug-likeness (QED) is 0.271. The molecule has 1 aliphatic heterocycles. The smallest absolute Gasteiger partial charge is 0.271 e. The van der Waals surface area contributed by atoms with Gasteiger partial charge in [0, 0.05) is 11.3 Å². The molecule has 5 rings (SSSR count). The van der Waals surface area contributed by atoms with Gasteiger partial charge in [-0.2, -0.15) is 0 Å². The van der Waals surface area contributed by atoms with Crippen LogP contribution >= 0.6 is 11.3 Å². The highest BCUT2D eigenvalue weighted by Crippen LogP contribution is 2.33. The van der Waals surface area contributed by atoms with Gasteiger partial charge in [-0.3, -0.25) is 14.2 Å². The molecular formula is C33H31N3O5S. The molecule has 9 heteroatoms. The van der Waals surface area contributed by atoms with Crippen molar-refractivity contribution in [1.29, 1.82) is 0 Å². The molecule has 1 atom stereocenters. The third-order valence-corrected chi connectivity index (χ3v) is 7.65. The van der Waals surface area contributed by atoms with Crippen molar-refractivity contribution in [3.05, 3.63) is 128 Å². The number of benzene rings is 3. The van der Waals surface area contributed by atoms with Gasteiger partial charge in [-0.05, 0) is 55.8 Å². The number of carbonyl (C=O) groups excluding carboxylic acids is 1. The average Bonchev–Trinajstić information content (AvgIpc) is 3.30. The summed E-state index contributed by atoms with van der Waals surface area (Å²) in [6.07, 6.45) is 3.41. The Morgan fingerprint density at radius 3 is 2.52 bits per heavy atom. The molecule has 2 heterocycles. The number of para-hydroxylation sites is 2. The second-order valence-electron chi connectivity index (χ2n) is 9.38. The van der Waals surface area contributed by atoms with Crippen molar-refractivity contribution in [3.8, 4) is 17.2 Å². The molecule has 0 saturated heterocycles. The fourth-order valence-corrected chi connectivity index (χ4v) is 5.84. The van der Waals surface area contributed by atoms with Gasteiger partial charge >= 0.3 is 0 Å². The van der Waals surface area contributed by atoms with Crippen LogP contribution in [0.3, 0.4) is 0 Å². The fraction of sp³-hybridized carbons (Fsp3) is 0.182. The Morgan fingerprint density at radius 1 is 1.07 bits per heavy atom. The predicted molar refractivity (Wildman–Crippen MR) is 165 cm³/mol. The number of nitrogens with zero attached hydrogens (tertiary/aromatic N) is 2. The van der Waals surface area contributed by atoms with Crippen molar-refractivity contribution in [2.75, 3.05) is 25.6 Å². The number of fused-ring (bicyclic) bond motifs is 1. The number of carbonyl (C=O) groups is 1. The zero-order valence-corrected chi connectivity index (χ0v) is 24.4. The van der Waals surface area contributed by atoms with Gasteiger partial charge in [0.25, 0.3) is 11.5 Å². The monoisotopic (exact) mass is 581 g/mol. The van der Waals surface area contributed by atoms with Gasteiger partial charge in [0.15, 0.2) is 16.3 Å². The summed E-state index contributed by atoms with van der Waals surface area (Å²) in [6, 6.07) is 21.4. The van der Waals surface area contributed by atoms with Gasteiger partial charge < -0.3 is 19.5 Å². The Hall–Kier alpha value is -4.89. The highest BCUT2D eigenvalue weighted by atomic mass is 32.1. The van der Waals surface area contributed by atoms with Gasteiger partial charge in [-0.15, -0.1) is 0 Å². The van der Waals surface area contributed by atoms with E-state index < -0.39 is 6.04 Å². The summed E-state index contributed by atoms with van der Waals surface area (Å²) in [7, 11) is 1.56. The van der Waals surface area contributed by atoms with Gasteiger partial charge in [0.2, 0.25) is 0 Å². The minimum absolute atomic E-state index is 0.271. The average molecular weight is 582 g/mol. The lowest BCUT2D eigenvalue weighted by Gasteiger charge is -2.25. The number of allylic oxidation sites excluding steroid dienone is 1. The second-order valence-corrected chi connectivity index (χ2v) is 10.4. The normalized spacial score (nSPS) is 14.5. The number of aromatic nitrogens is 1. The lowest BCUT2D eigenvalue weighted by Crippen LogP contribution is -2.40. The van der Waals surface area contributed by atoms with Crippen LogP contribution in [-0.4, -0.2) is 30.8 Å². The van der Waals surface area contributed by atoms with Crippen LogP contribution in [0.5, 0.6) is 17.2 Å². The number of methoxy groups -OCH3 is 1. The molecule has 0 fully saturated rings. The molecule has 0 saturated carbocycles. The summed E-state index contributed by atoms with van der Waals surface area (Å²) in [5.41, 5.74) is 2.74. The van der Waals surface area contributed by atoms with Crippen LogP contribution in [-0.2, 0) is 4.79 Å². The lowest BCUT2D eigenvalue weighted by molar-refractivity contribution is -0.113. The first-order valence-corrected chi connectivity index (χ1v) is 14.3. The van der Waals surface area contributed by atoms with E-state index in [1.165, 1.54) is 11.3 Å². The van der Waals surface area contributed by atoms with Gasteiger partial charge in [0.1, 0.15) is 12.4 Å². The first-order chi connectivity index (χ1) is 20.4. The topological polar surface area (TPSA) is 91.2 Å². The maximum absolute atomic E-state index is 14.1. The highest BCUT2D eigenvalue weighted by Gasteiger charge is 2.32. The summed E-state index contributed by atoms with van der Waals surface area (Å²) in [4.78, 5) is 33.1. The van der Waals surface area contributed by atoms with Crippen LogP contribution in [0.25, 0.3) is 6.08 Å². The molecule has 0 unspecified atom stereocenters. The van der Waals surface area contributed by atoms with Gasteiger partial charge in [-0.1, -0.05) is 66.5 Å². The van der Waals surface area contributed by atoms with E-state index in [0.29, 0.717) is 55.7 Å². The maximum Gasteiger partial charge on any atom is 0.271 e. The minimum atomic E-state index is -0.704. The lowest BCUT2D eigenvalue weighted by atomic mass is 9.95. The van der Waals surface area contributed by atoms with Crippen LogP contribution in [0, 0.1) is 0 Å². The van der Waals surface area contributed by atoms with Crippen LogP contribution in [0.15, 0.2) is 107 Å². The highest BCUT2D eigenvalue weighted by molar-refractivity contribution is 7.07. The number of rotatable bonds is 10. The SMILES string of the molecule is C=CCOc1c(/C=c2\sc3n(c2=O)[C@H](c2ccc(OCC)cc2)C(C(=O)Nc2ccccc2)=C(C)N=3)cccc1OC. The Kier molecular flexibility index (Phi) is 8.68. The molecule has 1 aromatic heterocycles. The molecule has 1 N–H and O–H groups in total. The molecule has 42 heavy (non-hydrogen) atoms. The number of anilines is 1. The van der Waals surface area contributed by atoms with E-state index in [9.17, 15) is 9.59 Å². The third kappa shape index (κ3) is 5.77. The summed E-state index contributed by atoms with van der Waals surface area (Å²) >= 11 is 1.26. The fourth-order valence-electron chi connectivity index (χ4n) is 4.81. The summed E-state index contributed by atoms with van der Waals surface area (Å²) < 4.78 is 19.1. The number of hydrogen-bond acceptors (Lipinski definition) is 7. The molecular weight excluding hydrogens is 550 g/mol.